The molecule has 0 radical (unpaired) electrons. The summed E-state index contributed by atoms with van der Waals surface area (Å²) in [5, 5.41) is 10.2. The number of halogens is 1. The maximum Gasteiger partial charge on any atom is 0.245 e. The van der Waals surface area contributed by atoms with Crippen molar-refractivity contribution in [3.05, 3.63) is 53.8 Å². The van der Waals surface area contributed by atoms with E-state index in [2.05, 4.69) is 20.3 Å². The van der Waals surface area contributed by atoms with Gasteiger partial charge in [0.25, 0.3) is 0 Å². The van der Waals surface area contributed by atoms with Crippen LogP contribution in [0.5, 0.6) is 0 Å². The van der Waals surface area contributed by atoms with E-state index in [-0.39, 0.29) is 35.2 Å². The molecule has 1 saturated heterocycles. The first-order valence-electron chi connectivity index (χ1n) is 9.19. The molecule has 1 aromatic heterocycles. The van der Waals surface area contributed by atoms with Crippen LogP contribution >= 0.6 is 0 Å². The molecule has 0 aliphatic carbocycles. The number of carbonyl (C=O) groups is 1. The van der Waals surface area contributed by atoms with Crippen LogP contribution in [0.4, 0.5) is 4.39 Å². The van der Waals surface area contributed by atoms with Gasteiger partial charge in [-0.1, -0.05) is 18.2 Å². The third-order valence-corrected chi connectivity index (χ3v) is 6.90. The molecule has 3 aromatic rings. The van der Waals surface area contributed by atoms with Crippen LogP contribution < -0.4 is 5.32 Å². The standard InChI is InChI=1S/C19H19FN4O4S/c20-15-8-6-13(7-9-15)11-21-19(25)14-3-2-10-24(12-14)29(26,27)17-5-1-4-16-18(17)23-28-22-16/h1,4-9,14H,2-3,10-12H2,(H,21,25)/t14-/m0/s1. The molecule has 0 unspecified atom stereocenters. The van der Waals surface area contributed by atoms with E-state index < -0.39 is 15.9 Å². The molecule has 2 heterocycles. The second-order valence-electron chi connectivity index (χ2n) is 6.93. The number of carbonyl (C=O) groups excluding carboxylic acids is 1. The Labute approximate surface area is 166 Å². The van der Waals surface area contributed by atoms with Crippen molar-refractivity contribution in [2.24, 2.45) is 5.92 Å². The summed E-state index contributed by atoms with van der Waals surface area (Å²) in [7, 11) is -3.85. The highest BCUT2D eigenvalue weighted by Crippen LogP contribution is 2.27. The molecule has 1 fully saturated rings. The quantitative estimate of drug-likeness (QED) is 0.680. The summed E-state index contributed by atoms with van der Waals surface area (Å²) in [5.41, 5.74) is 1.30. The van der Waals surface area contributed by atoms with Gasteiger partial charge in [-0.2, -0.15) is 4.31 Å². The molecular weight excluding hydrogens is 399 g/mol. The number of aromatic nitrogens is 2. The minimum atomic E-state index is -3.85. The predicted molar refractivity (Wildman–Crippen MR) is 102 cm³/mol. The third kappa shape index (κ3) is 3.99. The van der Waals surface area contributed by atoms with E-state index >= 15 is 0 Å². The summed E-state index contributed by atoms with van der Waals surface area (Å²) >= 11 is 0. The maximum atomic E-state index is 13.1. The lowest BCUT2D eigenvalue weighted by Gasteiger charge is -2.31. The van der Waals surface area contributed by atoms with Crippen molar-refractivity contribution in [2.75, 3.05) is 13.1 Å². The van der Waals surface area contributed by atoms with E-state index in [1.165, 1.54) is 22.5 Å². The van der Waals surface area contributed by atoms with Crippen molar-refractivity contribution in [1.82, 2.24) is 19.9 Å². The lowest BCUT2D eigenvalue weighted by atomic mass is 9.99. The summed E-state index contributed by atoms with van der Waals surface area (Å²) in [5.74, 6) is -1.03. The molecule has 1 atom stereocenters. The Morgan fingerprint density at radius 3 is 2.79 bits per heavy atom. The minimum Gasteiger partial charge on any atom is -0.352 e. The van der Waals surface area contributed by atoms with Gasteiger partial charge in [-0.25, -0.2) is 17.4 Å². The fourth-order valence-corrected chi connectivity index (χ4v) is 5.10. The summed E-state index contributed by atoms with van der Waals surface area (Å²) in [6, 6.07) is 10.5. The number of benzene rings is 2. The summed E-state index contributed by atoms with van der Waals surface area (Å²) in [6.45, 7) is 0.664. The Kier molecular flexibility index (Phi) is 5.29. The molecule has 4 rings (SSSR count). The Morgan fingerprint density at radius 1 is 1.21 bits per heavy atom. The van der Waals surface area contributed by atoms with Crippen molar-refractivity contribution in [3.63, 3.8) is 0 Å². The molecule has 0 saturated carbocycles. The van der Waals surface area contributed by atoms with E-state index in [1.807, 2.05) is 0 Å². The molecule has 1 N–H and O–H groups in total. The lowest BCUT2D eigenvalue weighted by molar-refractivity contribution is -0.126. The number of hydrogen-bond acceptors (Lipinski definition) is 6. The zero-order valence-electron chi connectivity index (χ0n) is 15.4. The van der Waals surface area contributed by atoms with Crippen LogP contribution in [-0.4, -0.2) is 42.0 Å². The molecular formula is C19H19FN4O4S. The Balaban J connectivity index is 1.46. The number of nitrogens with zero attached hydrogens (tertiary/aromatic N) is 3. The average molecular weight is 418 g/mol. The van der Waals surface area contributed by atoms with Crippen molar-refractivity contribution in [1.29, 1.82) is 0 Å². The van der Waals surface area contributed by atoms with E-state index in [4.69, 9.17) is 0 Å². The highest BCUT2D eigenvalue weighted by Gasteiger charge is 2.34. The van der Waals surface area contributed by atoms with Gasteiger partial charge in [-0.15, -0.1) is 0 Å². The summed E-state index contributed by atoms with van der Waals surface area (Å²) in [4.78, 5) is 12.6. The number of amides is 1. The summed E-state index contributed by atoms with van der Waals surface area (Å²) in [6.07, 6.45) is 1.16. The Hall–Kier alpha value is -2.85. The Morgan fingerprint density at radius 2 is 2.00 bits per heavy atom. The van der Waals surface area contributed by atoms with Crippen LogP contribution in [-0.2, 0) is 21.4 Å². The molecule has 0 bridgehead atoms. The molecule has 1 amide bonds. The number of fused-ring (bicyclic) bond motifs is 1. The van der Waals surface area contributed by atoms with E-state index in [0.29, 0.717) is 24.9 Å². The van der Waals surface area contributed by atoms with Gasteiger partial charge in [-0.05, 0) is 53.0 Å². The first-order valence-corrected chi connectivity index (χ1v) is 10.6. The van der Waals surface area contributed by atoms with Crippen LogP contribution in [0.2, 0.25) is 0 Å². The number of rotatable bonds is 5. The number of sulfonamides is 1. The van der Waals surface area contributed by atoms with E-state index in [1.54, 1.807) is 24.3 Å². The van der Waals surface area contributed by atoms with Gasteiger partial charge in [0.2, 0.25) is 15.9 Å². The van der Waals surface area contributed by atoms with Crippen LogP contribution in [0.15, 0.2) is 52.0 Å². The maximum absolute atomic E-state index is 13.1. The van der Waals surface area contributed by atoms with Crippen LogP contribution in [0.1, 0.15) is 18.4 Å². The summed E-state index contributed by atoms with van der Waals surface area (Å²) < 4.78 is 45.2. The molecule has 8 nitrogen and oxygen atoms in total. The lowest BCUT2D eigenvalue weighted by Crippen LogP contribution is -2.45. The first-order chi connectivity index (χ1) is 13.9. The largest absolute Gasteiger partial charge is 0.352 e. The van der Waals surface area contributed by atoms with Crippen molar-refractivity contribution in [3.8, 4) is 0 Å². The van der Waals surface area contributed by atoms with Gasteiger partial charge in [0, 0.05) is 19.6 Å². The van der Waals surface area contributed by atoms with Gasteiger partial charge >= 0.3 is 0 Å². The van der Waals surface area contributed by atoms with Crippen LogP contribution in [0.3, 0.4) is 0 Å². The SMILES string of the molecule is O=C(NCc1ccc(F)cc1)[C@H]1CCCN(S(=O)(=O)c2cccc3nonc23)C1. The van der Waals surface area contributed by atoms with E-state index in [0.717, 1.165) is 5.56 Å². The molecule has 1 aliphatic rings. The highest BCUT2D eigenvalue weighted by molar-refractivity contribution is 7.89. The molecule has 2 aromatic carbocycles. The van der Waals surface area contributed by atoms with Crippen molar-refractivity contribution >= 4 is 27.0 Å². The molecule has 0 spiro atoms. The third-order valence-electron chi connectivity index (χ3n) is 5.00. The average Bonchev–Trinajstić information content (AvgIpc) is 3.22. The number of piperidine rings is 1. The monoisotopic (exact) mass is 418 g/mol. The van der Waals surface area contributed by atoms with Crippen LogP contribution in [0.25, 0.3) is 11.0 Å². The van der Waals surface area contributed by atoms with Crippen molar-refractivity contribution in [2.45, 2.75) is 24.3 Å². The normalized spacial score (nSPS) is 18.0. The van der Waals surface area contributed by atoms with Crippen LogP contribution in [0, 0.1) is 11.7 Å². The van der Waals surface area contributed by atoms with Crippen molar-refractivity contribution < 1.29 is 22.2 Å². The van der Waals surface area contributed by atoms with Gasteiger partial charge in [0.1, 0.15) is 16.2 Å². The van der Waals surface area contributed by atoms with Gasteiger partial charge in [0.05, 0.1) is 5.92 Å². The molecule has 29 heavy (non-hydrogen) atoms. The molecule has 1 aliphatic heterocycles. The topological polar surface area (TPSA) is 105 Å². The van der Waals surface area contributed by atoms with Gasteiger partial charge in [-0.3, -0.25) is 4.79 Å². The smallest absolute Gasteiger partial charge is 0.245 e. The molecule has 152 valence electrons. The predicted octanol–water partition coefficient (Wildman–Crippen LogP) is 2.08. The first kappa shape index (κ1) is 19.5. The minimum absolute atomic E-state index is 0.0172. The highest BCUT2D eigenvalue weighted by atomic mass is 32.2. The number of nitrogens with one attached hydrogen (secondary N) is 1. The fraction of sp³-hybridized carbons (Fsp3) is 0.316. The fourth-order valence-electron chi connectivity index (χ4n) is 3.44. The zero-order valence-corrected chi connectivity index (χ0v) is 16.2. The van der Waals surface area contributed by atoms with Gasteiger partial charge < -0.3 is 5.32 Å². The Bertz CT molecular complexity index is 1130. The molecule has 10 heteroatoms. The second-order valence-corrected chi connectivity index (χ2v) is 8.84. The second kappa shape index (κ2) is 7.88. The number of hydrogen-bond donors (Lipinski definition) is 1. The van der Waals surface area contributed by atoms with Gasteiger partial charge in [0.15, 0.2) is 5.52 Å². The van der Waals surface area contributed by atoms with E-state index in [9.17, 15) is 17.6 Å². The zero-order chi connectivity index (χ0) is 20.4.